The monoisotopic (exact) mass is 295 g/mol. The van der Waals surface area contributed by atoms with Crippen molar-refractivity contribution in [2.45, 2.75) is 12.8 Å². The number of allylic oxidation sites excluding steroid dienone is 2. The van der Waals surface area contributed by atoms with E-state index in [9.17, 15) is 8.78 Å². The Morgan fingerprint density at radius 2 is 2.25 bits per heavy atom. The van der Waals surface area contributed by atoms with Crippen molar-refractivity contribution in [3.8, 4) is 0 Å². The molecule has 0 aromatic carbocycles. The maximum atomic E-state index is 13.1. The first-order valence-corrected chi connectivity index (χ1v) is 5.22. The van der Waals surface area contributed by atoms with E-state index in [4.69, 9.17) is 5.11 Å². The Balaban J connectivity index is 4.70. The van der Waals surface area contributed by atoms with Crippen LogP contribution in [0.2, 0.25) is 0 Å². The van der Waals surface area contributed by atoms with Gasteiger partial charge in [-0.25, -0.2) is 4.99 Å². The molecule has 0 unspecified atom stereocenters. The van der Waals surface area contributed by atoms with Crippen molar-refractivity contribution in [2.24, 2.45) is 10.1 Å². The van der Waals surface area contributed by atoms with Gasteiger partial charge in [0.05, 0.1) is 0 Å². The molecule has 0 aromatic rings. The second-order valence-electron chi connectivity index (χ2n) is 2.53. The van der Waals surface area contributed by atoms with Crippen LogP contribution < -0.4 is 5.43 Å². The van der Waals surface area contributed by atoms with Gasteiger partial charge in [0, 0.05) is 12.4 Å². The Kier molecular flexibility index (Phi) is 7.57. The van der Waals surface area contributed by atoms with Crippen LogP contribution in [0, 0.1) is 0 Å². The van der Waals surface area contributed by atoms with Gasteiger partial charge in [0.15, 0.2) is 5.84 Å². The minimum atomic E-state index is -3.46. The van der Waals surface area contributed by atoms with Crippen molar-refractivity contribution >= 4 is 28.0 Å². The summed E-state index contributed by atoms with van der Waals surface area (Å²) >= 11 is 2.89. The number of aliphatic hydroxyl groups excluding tert-OH is 1. The van der Waals surface area contributed by atoms with Gasteiger partial charge in [-0.05, 0) is 18.0 Å². The third kappa shape index (κ3) is 5.72. The molecule has 90 valence electrons. The van der Waals surface area contributed by atoms with E-state index in [0.29, 0.717) is 0 Å². The average molecular weight is 296 g/mol. The zero-order valence-electron chi connectivity index (χ0n) is 8.57. The van der Waals surface area contributed by atoms with E-state index in [1.165, 1.54) is 11.2 Å². The molecule has 0 aliphatic carbocycles. The lowest BCUT2D eigenvalue weighted by molar-refractivity contribution is 0.0109. The number of hydrogen-bond donors (Lipinski definition) is 2. The molecule has 0 bridgehead atoms. The van der Waals surface area contributed by atoms with Crippen LogP contribution in [0.1, 0.15) is 6.92 Å². The first kappa shape index (κ1) is 14.9. The predicted octanol–water partition coefficient (Wildman–Crippen LogP) is 2.03. The fourth-order valence-corrected chi connectivity index (χ4v) is 0.728. The Morgan fingerprint density at radius 1 is 1.56 bits per heavy atom. The number of alkyl halides is 2. The number of aliphatic hydroxyl groups is 1. The molecule has 7 heteroatoms. The van der Waals surface area contributed by atoms with Crippen LogP contribution in [0.4, 0.5) is 8.78 Å². The van der Waals surface area contributed by atoms with Crippen LogP contribution in [0.15, 0.2) is 33.4 Å². The van der Waals surface area contributed by atoms with Crippen molar-refractivity contribution in [1.82, 2.24) is 5.43 Å². The number of nitrogens with zero attached hydrogens (tertiary/aromatic N) is 2. The molecule has 0 rings (SSSR count). The largest absolute Gasteiger partial charge is 0.390 e. The number of hydrogen-bond acceptors (Lipinski definition) is 3. The SMILES string of the molecule is C/C=C\C=N\NC(=N/C=C/Br)C(F)(F)CO. The quantitative estimate of drug-likeness (QED) is 0.463. The lowest BCUT2D eigenvalue weighted by Crippen LogP contribution is -2.40. The summed E-state index contributed by atoms with van der Waals surface area (Å²) in [5.74, 6) is -4.19. The predicted molar refractivity (Wildman–Crippen MR) is 64.0 cm³/mol. The molecule has 0 atom stereocenters. The van der Waals surface area contributed by atoms with Gasteiger partial charge < -0.3 is 5.11 Å². The molecule has 0 heterocycles. The van der Waals surface area contributed by atoms with Gasteiger partial charge >= 0.3 is 5.92 Å². The van der Waals surface area contributed by atoms with E-state index in [2.05, 4.69) is 31.4 Å². The molecule has 0 aliphatic heterocycles. The van der Waals surface area contributed by atoms with Crippen LogP contribution in [0.3, 0.4) is 0 Å². The highest BCUT2D eigenvalue weighted by molar-refractivity contribution is 9.11. The standard InChI is InChI=1S/C9H12BrF2N3O/c1-2-3-5-14-15-8(13-6-4-10)9(11,12)7-16/h2-6,16H,7H2,1H3,(H,13,15)/b3-2-,6-4+,14-5+. The van der Waals surface area contributed by atoms with Crippen molar-refractivity contribution in [1.29, 1.82) is 0 Å². The fraction of sp³-hybridized carbons (Fsp3) is 0.333. The molecule has 4 nitrogen and oxygen atoms in total. The Morgan fingerprint density at radius 3 is 2.75 bits per heavy atom. The van der Waals surface area contributed by atoms with E-state index in [1.54, 1.807) is 19.1 Å². The van der Waals surface area contributed by atoms with E-state index in [0.717, 1.165) is 6.20 Å². The fourth-order valence-electron chi connectivity index (χ4n) is 0.610. The van der Waals surface area contributed by atoms with Crippen LogP contribution in [-0.2, 0) is 0 Å². The summed E-state index contributed by atoms with van der Waals surface area (Å²) in [5.41, 5.74) is 2.07. The van der Waals surface area contributed by atoms with Crippen molar-refractivity contribution in [3.63, 3.8) is 0 Å². The number of halogens is 3. The molecule has 0 fully saturated rings. The molecule has 0 aromatic heterocycles. The second-order valence-corrected chi connectivity index (χ2v) is 3.06. The van der Waals surface area contributed by atoms with E-state index in [1.807, 2.05) is 0 Å². The number of hydrazone groups is 1. The van der Waals surface area contributed by atoms with Gasteiger partial charge in [-0.3, -0.25) is 5.43 Å². The minimum absolute atomic E-state index is 0.730. The molecule has 2 N–H and O–H groups in total. The molecule has 0 radical (unpaired) electrons. The summed E-state index contributed by atoms with van der Waals surface area (Å²) in [6, 6.07) is 0. The highest BCUT2D eigenvalue weighted by atomic mass is 79.9. The van der Waals surface area contributed by atoms with E-state index < -0.39 is 18.4 Å². The highest BCUT2D eigenvalue weighted by Gasteiger charge is 2.35. The summed E-state index contributed by atoms with van der Waals surface area (Å²) < 4.78 is 26.1. The van der Waals surface area contributed by atoms with Gasteiger partial charge in [0.1, 0.15) is 6.61 Å². The Bertz CT molecular complexity index is 314. The van der Waals surface area contributed by atoms with Gasteiger partial charge in [-0.1, -0.05) is 22.0 Å². The molecular formula is C9H12BrF2N3O. The van der Waals surface area contributed by atoms with Crippen molar-refractivity contribution in [2.75, 3.05) is 6.61 Å². The lowest BCUT2D eigenvalue weighted by atomic mass is 10.3. The molecule has 0 spiro atoms. The third-order valence-electron chi connectivity index (χ3n) is 1.33. The smallest absolute Gasteiger partial charge is 0.328 e. The lowest BCUT2D eigenvalue weighted by Gasteiger charge is -2.14. The zero-order valence-corrected chi connectivity index (χ0v) is 10.2. The van der Waals surface area contributed by atoms with Crippen LogP contribution in [-0.4, -0.2) is 29.7 Å². The number of rotatable bonds is 5. The molecule has 0 saturated heterocycles. The Labute approximate surface area is 101 Å². The minimum Gasteiger partial charge on any atom is -0.390 e. The maximum absolute atomic E-state index is 13.1. The van der Waals surface area contributed by atoms with E-state index >= 15 is 0 Å². The van der Waals surface area contributed by atoms with Crippen molar-refractivity contribution < 1.29 is 13.9 Å². The molecule has 0 saturated carbocycles. The number of amidine groups is 1. The van der Waals surface area contributed by atoms with Gasteiger partial charge in [-0.2, -0.15) is 13.9 Å². The van der Waals surface area contributed by atoms with Crippen molar-refractivity contribution in [3.05, 3.63) is 23.3 Å². The van der Waals surface area contributed by atoms with Gasteiger partial charge in [0.2, 0.25) is 0 Å². The molecule has 16 heavy (non-hydrogen) atoms. The third-order valence-corrected chi connectivity index (χ3v) is 1.56. The number of aliphatic imine (C=N–C) groups is 1. The molecular weight excluding hydrogens is 284 g/mol. The first-order chi connectivity index (χ1) is 7.58. The van der Waals surface area contributed by atoms with Gasteiger partial charge in [0.25, 0.3) is 0 Å². The summed E-state index contributed by atoms with van der Waals surface area (Å²) in [7, 11) is 0. The summed E-state index contributed by atoms with van der Waals surface area (Å²) in [6.07, 6.45) is 5.64. The van der Waals surface area contributed by atoms with E-state index in [-0.39, 0.29) is 0 Å². The number of nitrogens with one attached hydrogen (secondary N) is 1. The van der Waals surface area contributed by atoms with Crippen LogP contribution in [0.5, 0.6) is 0 Å². The van der Waals surface area contributed by atoms with Crippen LogP contribution in [0.25, 0.3) is 0 Å². The second kappa shape index (κ2) is 8.12. The first-order valence-electron chi connectivity index (χ1n) is 4.31. The topological polar surface area (TPSA) is 57.0 Å². The zero-order chi connectivity index (χ0) is 12.4. The highest BCUT2D eigenvalue weighted by Crippen LogP contribution is 2.13. The average Bonchev–Trinajstić information content (AvgIpc) is 2.28. The van der Waals surface area contributed by atoms with Crippen LogP contribution >= 0.6 is 15.9 Å². The van der Waals surface area contributed by atoms with Gasteiger partial charge in [-0.15, -0.1) is 0 Å². The Hall–Kier alpha value is -1.08. The molecule has 0 aliphatic rings. The molecule has 0 amide bonds. The summed E-state index contributed by atoms with van der Waals surface area (Å²) in [5, 5.41) is 12.0. The normalized spacial score (nSPS) is 14.4. The summed E-state index contributed by atoms with van der Waals surface area (Å²) in [4.78, 5) is 4.72. The maximum Gasteiger partial charge on any atom is 0.328 e. The summed E-state index contributed by atoms with van der Waals surface area (Å²) in [6.45, 7) is 0.422.